The third kappa shape index (κ3) is 4.34. The molecule has 1 saturated carbocycles. The maximum Gasteiger partial charge on any atom is 0.237 e. The van der Waals surface area contributed by atoms with E-state index in [1.807, 2.05) is 6.92 Å². The van der Waals surface area contributed by atoms with E-state index < -0.39 is 6.04 Å². The van der Waals surface area contributed by atoms with Crippen LogP contribution in [0.15, 0.2) is 0 Å². The lowest BCUT2D eigenvalue weighted by molar-refractivity contribution is -0.126. The maximum atomic E-state index is 11.7. The fraction of sp³-hybridized carbons (Fsp3) is 0.833. The third-order valence-electron chi connectivity index (χ3n) is 3.36. The second kappa shape index (κ2) is 6.59. The van der Waals surface area contributed by atoms with E-state index in [0.29, 0.717) is 12.8 Å². The Balaban J connectivity index is 2.40. The Kier molecular flexibility index (Phi) is 5.41. The molecule has 0 aromatic carbocycles. The molecule has 0 bridgehead atoms. The van der Waals surface area contributed by atoms with Crippen LogP contribution in [0.4, 0.5) is 0 Å². The van der Waals surface area contributed by atoms with E-state index in [-0.39, 0.29) is 23.8 Å². The van der Waals surface area contributed by atoms with Gasteiger partial charge in [-0.05, 0) is 25.7 Å². The summed E-state index contributed by atoms with van der Waals surface area (Å²) in [7, 11) is 0. The van der Waals surface area contributed by atoms with Crippen molar-refractivity contribution in [3.8, 4) is 0 Å². The molecule has 3 unspecified atom stereocenters. The van der Waals surface area contributed by atoms with Crippen molar-refractivity contribution in [3.63, 3.8) is 0 Å². The first-order valence-corrected chi connectivity index (χ1v) is 6.39. The fourth-order valence-corrected chi connectivity index (χ4v) is 2.33. The molecule has 0 aromatic heterocycles. The van der Waals surface area contributed by atoms with Crippen LogP contribution in [0, 0.1) is 5.92 Å². The summed E-state index contributed by atoms with van der Waals surface area (Å²) in [6.07, 6.45) is 4.92. The largest absolute Gasteiger partial charge is 0.369 e. The Hall–Kier alpha value is -1.10. The number of hydrogen-bond acceptors (Lipinski definition) is 3. The van der Waals surface area contributed by atoms with E-state index in [4.69, 9.17) is 11.5 Å². The predicted molar refractivity (Wildman–Crippen MR) is 66.0 cm³/mol. The highest BCUT2D eigenvalue weighted by molar-refractivity contribution is 5.82. The Morgan fingerprint density at radius 2 is 2.12 bits per heavy atom. The monoisotopic (exact) mass is 241 g/mol. The van der Waals surface area contributed by atoms with Crippen LogP contribution < -0.4 is 16.8 Å². The van der Waals surface area contributed by atoms with E-state index in [1.165, 1.54) is 0 Å². The molecule has 98 valence electrons. The van der Waals surface area contributed by atoms with Crippen molar-refractivity contribution < 1.29 is 9.59 Å². The predicted octanol–water partition coefficient (Wildman–Crippen LogP) is 0.274. The minimum atomic E-state index is -0.436. The van der Waals surface area contributed by atoms with Gasteiger partial charge in [0.2, 0.25) is 11.8 Å². The van der Waals surface area contributed by atoms with Gasteiger partial charge in [0.1, 0.15) is 0 Å². The molecule has 0 saturated heterocycles. The van der Waals surface area contributed by atoms with Crippen LogP contribution in [0.2, 0.25) is 0 Å². The van der Waals surface area contributed by atoms with Crippen molar-refractivity contribution in [1.29, 1.82) is 0 Å². The van der Waals surface area contributed by atoms with Gasteiger partial charge >= 0.3 is 0 Å². The zero-order valence-corrected chi connectivity index (χ0v) is 10.4. The highest BCUT2D eigenvalue weighted by Crippen LogP contribution is 2.23. The van der Waals surface area contributed by atoms with Crippen LogP contribution in [0.25, 0.3) is 0 Å². The summed E-state index contributed by atoms with van der Waals surface area (Å²) < 4.78 is 0. The van der Waals surface area contributed by atoms with Gasteiger partial charge < -0.3 is 16.8 Å². The van der Waals surface area contributed by atoms with Crippen LogP contribution in [-0.2, 0) is 9.59 Å². The average molecular weight is 241 g/mol. The highest BCUT2D eigenvalue weighted by Gasteiger charge is 2.27. The van der Waals surface area contributed by atoms with Crippen molar-refractivity contribution in [1.82, 2.24) is 5.32 Å². The van der Waals surface area contributed by atoms with Crippen molar-refractivity contribution >= 4 is 11.8 Å². The number of amides is 2. The quantitative estimate of drug-likeness (QED) is 0.644. The van der Waals surface area contributed by atoms with Crippen molar-refractivity contribution in [3.05, 3.63) is 0 Å². The maximum absolute atomic E-state index is 11.7. The fourth-order valence-electron chi connectivity index (χ4n) is 2.33. The average Bonchev–Trinajstić information content (AvgIpc) is 2.29. The number of carbonyl (C=O) groups excluding carboxylic acids is 2. The first kappa shape index (κ1) is 14.0. The second-order valence-electron chi connectivity index (χ2n) is 4.87. The first-order chi connectivity index (χ1) is 8.04. The van der Waals surface area contributed by atoms with E-state index in [1.54, 1.807) is 0 Å². The van der Waals surface area contributed by atoms with Gasteiger partial charge in [0.05, 0.1) is 6.04 Å². The van der Waals surface area contributed by atoms with Crippen LogP contribution in [0.3, 0.4) is 0 Å². The lowest BCUT2D eigenvalue weighted by Crippen LogP contribution is -2.47. The van der Waals surface area contributed by atoms with E-state index in [0.717, 1.165) is 25.7 Å². The van der Waals surface area contributed by atoms with Gasteiger partial charge in [0, 0.05) is 12.0 Å². The molecule has 5 N–H and O–H groups in total. The zero-order chi connectivity index (χ0) is 12.8. The Bertz CT molecular complexity index is 281. The van der Waals surface area contributed by atoms with Crippen LogP contribution in [0.1, 0.15) is 45.4 Å². The molecular formula is C12H23N3O2. The topological polar surface area (TPSA) is 98.2 Å². The summed E-state index contributed by atoms with van der Waals surface area (Å²) in [5.41, 5.74) is 11.0. The molecule has 1 fully saturated rings. The Morgan fingerprint density at radius 3 is 2.71 bits per heavy atom. The van der Waals surface area contributed by atoms with E-state index in [9.17, 15) is 9.59 Å². The van der Waals surface area contributed by atoms with Gasteiger partial charge in [-0.2, -0.15) is 0 Å². The molecule has 5 heteroatoms. The van der Waals surface area contributed by atoms with Gasteiger partial charge in [0.15, 0.2) is 0 Å². The molecule has 0 radical (unpaired) electrons. The lowest BCUT2D eigenvalue weighted by Gasteiger charge is -2.28. The number of hydrogen-bond donors (Lipinski definition) is 3. The summed E-state index contributed by atoms with van der Waals surface area (Å²) in [6, 6.07) is -0.384. The van der Waals surface area contributed by atoms with E-state index in [2.05, 4.69) is 5.32 Å². The third-order valence-corrected chi connectivity index (χ3v) is 3.36. The molecule has 0 heterocycles. The Labute approximate surface area is 102 Å². The molecular weight excluding hydrogens is 218 g/mol. The summed E-state index contributed by atoms with van der Waals surface area (Å²) in [4.78, 5) is 22.8. The summed E-state index contributed by atoms with van der Waals surface area (Å²) in [5.74, 6) is -0.472. The van der Waals surface area contributed by atoms with Crippen LogP contribution >= 0.6 is 0 Å². The normalized spacial score (nSPS) is 26.2. The van der Waals surface area contributed by atoms with E-state index >= 15 is 0 Å². The van der Waals surface area contributed by atoms with Gasteiger partial charge in [-0.3, -0.25) is 9.59 Å². The van der Waals surface area contributed by atoms with Gasteiger partial charge in [-0.1, -0.05) is 19.8 Å². The summed E-state index contributed by atoms with van der Waals surface area (Å²) in [6.45, 7) is 2.00. The van der Waals surface area contributed by atoms with Gasteiger partial charge in [-0.25, -0.2) is 0 Å². The zero-order valence-electron chi connectivity index (χ0n) is 10.4. The standard InChI is InChI=1S/C12H23N3O2/c1-2-4-10(13)12(17)15-9-6-3-5-8(7-9)11(14)16/h8-10H,2-7,13H2,1H3,(H2,14,16)(H,15,17). The molecule has 1 rings (SSSR count). The molecule has 1 aliphatic rings. The van der Waals surface area contributed by atoms with Gasteiger partial charge in [0.25, 0.3) is 0 Å². The molecule has 17 heavy (non-hydrogen) atoms. The molecule has 0 spiro atoms. The SMILES string of the molecule is CCCC(N)C(=O)NC1CCCC(C(N)=O)C1. The smallest absolute Gasteiger partial charge is 0.237 e. The number of nitrogens with one attached hydrogen (secondary N) is 1. The Morgan fingerprint density at radius 1 is 1.41 bits per heavy atom. The van der Waals surface area contributed by atoms with Crippen molar-refractivity contribution in [2.75, 3.05) is 0 Å². The molecule has 5 nitrogen and oxygen atoms in total. The first-order valence-electron chi connectivity index (χ1n) is 6.39. The van der Waals surface area contributed by atoms with Crippen molar-refractivity contribution in [2.45, 2.75) is 57.5 Å². The minimum Gasteiger partial charge on any atom is -0.369 e. The number of carbonyl (C=O) groups is 2. The number of rotatable bonds is 5. The second-order valence-corrected chi connectivity index (χ2v) is 4.87. The summed E-state index contributed by atoms with van der Waals surface area (Å²) >= 11 is 0. The minimum absolute atomic E-state index is 0.0525. The number of primary amides is 1. The molecule has 3 atom stereocenters. The molecule has 2 amide bonds. The molecule has 0 aliphatic heterocycles. The lowest BCUT2D eigenvalue weighted by atomic mass is 9.85. The van der Waals surface area contributed by atoms with Gasteiger partial charge in [-0.15, -0.1) is 0 Å². The molecule has 0 aromatic rings. The number of nitrogens with two attached hydrogens (primary N) is 2. The highest BCUT2D eigenvalue weighted by atomic mass is 16.2. The van der Waals surface area contributed by atoms with Crippen molar-refractivity contribution in [2.24, 2.45) is 17.4 Å². The van der Waals surface area contributed by atoms with Crippen LogP contribution in [0.5, 0.6) is 0 Å². The molecule has 1 aliphatic carbocycles. The summed E-state index contributed by atoms with van der Waals surface area (Å²) in [5, 5.41) is 2.92. The van der Waals surface area contributed by atoms with Crippen LogP contribution in [-0.4, -0.2) is 23.9 Å².